The Balaban J connectivity index is 1.58. The number of hydrogen-bond acceptors (Lipinski definition) is 5. The average Bonchev–Trinajstić information content (AvgIpc) is 3.07. The molecule has 1 aromatic carbocycles. The molecule has 8 heteroatoms. The summed E-state index contributed by atoms with van der Waals surface area (Å²) in [5.41, 5.74) is -0.0352. The summed E-state index contributed by atoms with van der Waals surface area (Å²) in [7, 11) is -3.67. The zero-order chi connectivity index (χ0) is 18.2. The van der Waals surface area contributed by atoms with Gasteiger partial charge in [-0.2, -0.15) is 8.42 Å². The van der Waals surface area contributed by atoms with Gasteiger partial charge in [-0.25, -0.2) is 4.79 Å². The third kappa shape index (κ3) is 3.95. The Labute approximate surface area is 147 Å². The quantitative estimate of drug-likeness (QED) is 0.802. The van der Waals surface area contributed by atoms with Crippen molar-refractivity contribution >= 4 is 22.0 Å². The van der Waals surface area contributed by atoms with Crippen LogP contribution in [0.5, 0.6) is 0 Å². The fraction of sp³-hybridized carbons (Fsp3) is 0.529. The van der Waals surface area contributed by atoms with E-state index in [1.165, 1.54) is 6.07 Å². The van der Waals surface area contributed by atoms with Crippen LogP contribution in [0.2, 0.25) is 0 Å². The lowest BCUT2D eigenvalue weighted by atomic mass is 10.1. The molecule has 2 aliphatic rings. The van der Waals surface area contributed by atoms with Crippen molar-refractivity contribution in [2.45, 2.75) is 37.7 Å². The Bertz CT molecular complexity index is 811. The third-order valence-electron chi connectivity index (χ3n) is 3.99. The van der Waals surface area contributed by atoms with Crippen LogP contribution in [0.4, 0.5) is 4.79 Å². The first-order chi connectivity index (χ1) is 11.7. The molecule has 0 aliphatic carbocycles. The van der Waals surface area contributed by atoms with Crippen molar-refractivity contribution in [2.24, 2.45) is 10.3 Å². The van der Waals surface area contributed by atoms with E-state index in [0.717, 1.165) is 6.42 Å². The highest BCUT2D eigenvalue weighted by Gasteiger charge is 2.33. The first-order valence-corrected chi connectivity index (χ1v) is 9.65. The molecule has 25 heavy (non-hydrogen) atoms. The van der Waals surface area contributed by atoms with Crippen LogP contribution in [0.1, 0.15) is 32.8 Å². The van der Waals surface area contributed by atoms with Crippen molar-refractivity contribution in [3.63, 3.8) is 0 Å². The normalized spacial score (nSPS) is 21.6. The summed E-state index contributed by atoms with van der Waals surface area (Å²) in [5.74, 6) is 0.247. The number of rotatable bonds is 2. The molecular formula is C17H22N2O5S. The number of carbonyl (C=O) groups excluding carboxylic acids is 1. The number of fused-ring (bicyclic) bond motifs is 1. The van der Waals surface area contributed by atoms with Crippen LogP contribution < -0.4 is 0 Å². The van der Waals surface area contributed by atoms with E-state index in [-0.39, 0.29) is 22.8 Å². The van der Waals surface area contributed by atoms with E-state index in [0.29, 0.717) is 25.3 Å². The van der Waals surface area contributed by atoms with Crippen LogP contribution in [0.15, 0.2) is 33.6 Å². The number of benzene rings is 1. The van der Waals surface area contributed by atoms with Crippen LogP contribution >= 0.6 is 0 Å². The van der Waals surface area contributed by atoms with Gasteiger partial charge in [-0.1, -0.05) is 12.1 Å². The molecular weight excluding hydrogens is 344 g/mol. The van der Waals surface area contributed by atoms with Gasteiger partial charge in [0.05, 0.1) is 12.2 Å². The minimum Gasteiger partial charge on any atom is -0.476 e. The van der Waals surface area contributed by atoms with E-state index in [9.17, 15) is 13.2 Å². The lowest BCUT2D eigenvalue weighted by Crippen LogP contribution is -2.35. The highest BCUT2D eigenvalue weighted by molar-refractivity contribution is 7.90. The van der Waals surface area contributed by atoms with Gasteiger partial charge >= 0.3 is 6.09 Å². The summed E-state index contributed by atoms with van der Waals surface area (Å²) in [6, 6.07) is 6.60. The number of nitrogens with zero attached hydrogens (tertiary/aromatic N) is 2. The second-order valence-electron chi connectivity index (χ2n) is 7.26. The SMILES string of the molecule is CC(C)(C)OC(=O)N1CC[C@H](COC2=NS(=O)(=O)c3ccccc32)C1. The number of likely N-dealkylation sites (tertiary alicyclic amines) is 1. The van der Waals surface area contributed by atoms with Crippen molar-refractivity contribution < 1.29 is 22.7 Å². The zero-order valence-corrected chi connectivity index (χ0v) is 15.4. The fourth-order valence-electron chi connectivity index (χ4n) is 2.84. The second-order valence-corrected chi connectivity index (χ2v) is 8.83. The van der Waals surface area contributed by atoms with Crippen LogP contribution in [-0.4, -0.2) is 50.6 Å². The predicted molar refractivity (Wildman–Crippen MR) is 92.0 cm³/mol. The summed E-state index contributed by atoms with van der Waals surface area (Å²) in [4.78, 5) is 13.9. The van der Waals surface area contributed by atoms with Crippen molar-refractivity contribution in [3.05, 3.63) is 29.8 Å². The maximum absolute atomic E-state index is 12.1. The Morgan fingerprint density at radius 3 is 2.76 bits per heavy atom. The standard InChI is InChI=1S/C17H22N2O5S/c1-17(2,3)24-16(20)19-9-8-12(10-19)11-23-15-13-6-4-5-7-14(13)25(21,22)18-15/h4-7,12H,8-11H2,1-3H3/t12-/m0/s1. The van der Waals surface area contributed by atoms with Crippen molar-refractivity contribution in [1.29, 1.82) is 0 Å². The molecule has 7 nitrogen and oxygen atoms in total. The molecule has 2 heterocycles. The third-order valence-corrected chi connectivity index (χ3v) is 5.31. The first kappa shape index (κ1) is 17.7. The molecule has 0 unspecified atom stereocenters. The molecule has 0 aromatic heterocycles. The molecule has 136 valence electrons. The highest BCUT2D eigenvalue weighted by atomic mass is 32.2. The topological polar surface area (TPSA) is 85.3 Å². The Kier molecular flexibility index (Phi) is 4.49. The smallest absolute Gasteiger partial charge is 0.410 e. The number of amides is 1. The molecule has 0 N–H and O–H groups in total. The Morgan fingerprint density at radius 1 is 1.32 bits per heavy atom. The lowest BCUT2D eigenvalue weighted by Gasteiger charge is -2.24. The molecule has 1 atom stereocenters. The highest BCUT2D eigenvalue weighted by Crippen LogP contribution is 2.27. The second kappa shape index (κ2) is 6.33. The van der Waals surface area contributed by atoms with E-state index in [2.05, 4.69) is 4.40 Å². The van der Waals surface area contributed by atoms with E-state index in [1.807, 2.05) is 20.8 Å². The van der Waals surface area contributed by atoms with Gasteiger partial charge in [-0.05, 0) is 39.3 Å². The maximum Gasteiger partial charge on any atom is 0.410 e. The van der Waals surface area contributed by atoms with Gasteiger partial charge in [-0.15, -0.1) is 4.40 Å². The summed E-state index contributed by atoms with van der Waals surface area (Å²) in [6.45, 7) is 6.93. The van der Waals surface area contributed by atoms with Gasteiger partial charge in [0.25, 0.3) is 10.0 Å². The molecule has 0 saturated carbocycles. The van der Waals surface area contributed by atoms with Crippen molar-refractivity contribution in [1.82, 2.24) is 4.90 Å². The van der Waals surface area contributed by atoms with Gasteiger partial charge in [0.1, 0.15) is 10.5 Å². The molecule has 0 spiro atoms. The molecule has 1 aromatic rings. The van der Waals surface area contributed by atoms with Crippen LogP contribution in [0.25, 0.3) is 0 Å². The minimum atomic E-state index is -3.67. The monoisotopic (exact) mass is 366 g/mol. The Hall–Kier alpha value is -2.09. The van der Waals surface area contributed by atoms with Gasteiger partial charge < -0.3 is 14.4 Å². The number of ether oxygens (including phenoxy) is 2. The van der Waals surface area contributed by atoms with Crippen LogP contribution in [0.3, 0.4) is 0 Å². The fourth-order valence-corrected chi connectivity index (χ4v) is 3.99. The first-order valence-electron chi connectivity index (χ1n) is 8.21. The molecule has 0 bridgehead atoms. The summed E-state index contributed by atoms with van der Waals surface area (Å²) in [5, 5.41) is 0. The number of hydrogen-bond donors (Lipinski definition) is 0. The molecule has 1 fully saturated rings. The largest absolute Gasteiger partial charge is 0.476 e. The lowest BCUT2D eigenvalue weighted by molar-refractivity contribution is 0.0284. The number of sulfonamides is 1. The van der Waals surface area contributed by atoms with Crippen molar-refractivity contribution in [2.75, 3.05) is 19.7 Å². The zero-order valence-electron chi connectivity index (χ0n) is 14.6. The van der Waals surface area contributed by atoms with Gasteiger partial charge in [0.15, 0.2) is 0 Å². The maximum atomic E-state index is 12.1. The Morgan fingerprint density at radius 2 is 2.04 bits per heavy atom. The van der Waals surface area contributed by atoms with Gasteiger partial charge in [-0.3, -0.25) is 0 Å². The summed E-state index contributed by atoms with van der Waals surface area (Å²) >= 11 is 0. The molecule has 2 aliphatic heterocycles. The van der Waals surface area contributed by atoms with Crippen molar-refractivity contribution in [3.8, 4) is 0 Å². The van der Waals surface area contributed by atoms with Crippen LogP contribution in [-0.2, 0) is 19.5 Å². The van der Waals surface area contributed by atoms with Crippen LogP contribution in [0, 0.1) is 5.92 Å². The predicted octanol–water partition coefficient (Wildman–Crippen LogP) is 2.41. The molecule has 3 rings (SSSR count). The van der Waals surface area contributed by atoms with Gasteiger partial charge in [0, 0.05) is 19.0 Å². The van der Waals surface area contributed by atoms with E-state index in [4.69, 9.17) is 9.47 Å². The molecule has 0 radical (unpaired) electrons. The minimum absolute atomic E-state index is 0.116. The van der Waals surface area contributed by atoms with E-state index >= 15 is 0 Å². The van der Waals surface area contributed by atoms with E-state index < -0.39 is 15.6 Å². The summed E-state index contributed by atoms with van der Waals surface area (Å²) < 4.78 is 38.7. The molecule has 1 saturated heterocycles. The number of carbonyl (C=O) groups is 1. The summed E-state index contributed by atoms with van der Waals surface area (Å²) in [6.07, 6.45) is 0.446. The average molecular weight is 366 g/mol. The van der Waals surface area contributed by atoms with Gasteiger partial charge in [0.2, 0.25) is 5.90 Å². The van der Waals surface area contributed by atoms with E-state index in [1.54, 1.807) is 23.1 Å². The molecule has 1 amide bonds.